The van der Waals surface area contributed by atoms with E-state index in [4.69, 9.17) is 0 Å². The van der Waals surface area contributed by atoms with E-state index in [-0.39, 0.29) is 23.0 Å². The number of amides is 2. The fourth-order valence-electron chi connectivity index (χ4n) is 2.09. The smallest absolute Gasteiger partial charge is 0.251 e. The number of aromatic nitrogens is 1. The van der Waals surface area contributed by atoms with E-state index in [0.29, 0.717) is 12.2 Å². The van der Waals surface area contributed by atoms with Gasteiger partial charge in [-0.05, 0) is 49.7 Å². The van der Waals surface area contributed by atoms with E-state index < -0.39 is 21.8 Å². The summed E-state index contributed by atoms with van der Waals surface area (Å²) in [4.78, 5) is 28.0. The molecule has 0 saturated carbocycles. The molecule has 9 heteroatoms. The van der Waals surface area contributed by atoms with Gasteiger partial charge in [-0.2, -0.15) is 0 Å². The van der Waals surface area contributed by atoms with Gasteiger partial charge in [0.2, 0.25) is 15.9 Å². The molecule has 8 nitrogen and oxygen atoms in total. The van der Waals surface area contributed by atoms with Crippen molar-refractivity contribution in [3.8, 4) is 0 Å². The van der Waals surface area contributed by atoms with E-state index in [1.165, 1.54) is 24.3 Å². The molecule has 1 heterocycles. The second-order valence-corrected chi connectivity index (χ2v) is 7.61. The Labute approximate surface area is 158 Å². The quantitative estimate of drug-likeness (QED) is 0.632. The molecule has 3 N–H and O–H groups in total. The van der Waals surface area contributed by atoms with Crippen molar-refractivity contribution in [1.29, 1.82) is 0 Å². The van der Waals surface area contributed by atoms with Crippen molar-refractivity contribution < 1.29 is 18.0 Å². The van der Waals surface area contributed by atoms with Crippen molar-refractivity contribution in [2.75, 3.05) is 11.9 Å². The highest BCUT2D eigenvalue weighted by molar-refractivity contribution is 7.89. The summed E-state index contributed by atoms with van der Waals surface area (Å²) >= 11 is 0. The normalized spacial score (nSPS) is 12.2. The second-order valence-electron chi connectivity index (χ2n) is 5.90. The lowest BCUT2D eigenvalue weighted by atomic mass is 10.2. The van der Waals surface area contributed by atoms with Crippen LogP contribution in [0.4, 0.5) is 5.82 Å². The maximum absolute atomic E-state index is 12.2. The lowest BCUT2D eigenvalue weighted by Gasteiger charge is -2.12. The summed E-state index contributed by atoms with van der Waals surface area (Å²) in [5, 5.41) is 5.02. The largest absolute Gasteiger partial charge is 0.343 e. The Hall–Kier alpha value is -2.78. The monoisotopic (exact) mass is 390 g/mol. The van der Waals surface area contributed by atoms with Gasteiger partial charge in [0.15, 0.2) is 0 Å². The van der Waals surface area contributed by atoms with Gasteiger partial charge in [0.25, 0.3) is 5.91 Å². The van der Waals surface area contributed by atoms with Gasteiger partial charge in [-0.15, -0.1) is 0 Å². The van der Waals surface area contributed by atoms with Crippen LogP contribution in [0.2, 0.25) is 0 Å². The zero-order chi connectivity index (χ0) is 19.9. The summed E-state index contributed by atoms with van der Waals surface area (Å²) in [6.07, 6.45) is 2.21. The van der Waals surface area contributed by atoms with Crippen LogP contribution in [0.25, 0.3) is 0 Å². The van der Waals surface area contributed by atoms with Gasteiger partial charge in [0.05, 0.1) is 11.4 Å². The average molecular weight is 390 g/mol. The van der Waals surface area contributed by atoms with E-state index in [1.807, 2.05) is 6.92 Å². The molecule has 0 aliphatic carbocycles. The number of carbonyl (C=O) groups is 2. The number of hydrogen-bond acceptors (Lipinski definition) is 5. The van der Waals surface area contributed by atoms with E-state index in [2.05, 4.69) is 20.3 Å². The van der Waals surface area contributed by atoms with Crippen molar-refractivity contribution >= 4 is 27.7 Å². The highest BCUT2D eigenvalue weighted by Gasteiger charge is 2.17. The van der Waals surface area contributed by atoms with Crippen molar-refractivity contribution in [3.05, 3.63) is 54.2 Å². The van der Waals surface area contributed by atoms with Crippen LogP contribution in [0.3, 0.4) is 0 Å². The average Bonchev–Trinajstić information content (AvgIpc) is 2.66. The summed E-state index contributed by atoms with van der Waals surface area (Å²) in [7, 11) is -3.63. The van der Waals surface area contributed by atoms with Crippen LogP contribution in [0.1, 0.15) is 30.6 Å². The third-order valence-electron chi connectivity index (χ3n) is 3.74. The van der Waals surface area contributed by atoms with Crippen LogP contribution in [-0.4, -0.2) is 37.8 Å². The van der Waals surface area contributed by atoms with Crippen LogP contribution >= 0.6 is 0 Å². The molecule has 0 aliphatic heterocycles. The second kappa shape index (κ2) is 9.24. The minimum atomic E-state index is -3.63. The Balaban J connectivity index is 1.92. The maximum Gasteiger partial charge on any atom is 0.251 e. The number of nitrogens with zero attached hydrogens (tertiary/aromatic N) is 1. The van der Waals surface area contributed by atoms with E-state index in [1.54, 1.807) is 31.3 Å². The summed E-state index contributed by atoms with van der Waals surface area (Å²) in [6.45, 7) is 3.42. The Morgan fingerprint density at radius 1 is 1.11 bits per heavy atom. The summed E-state index contributed by atoms with van der Waals surface area (Å²) < 4.78 is 26.9. The van der Waals surface area contributed by atoms with Crippen molar-refractivity contribution in [3.63, 3.8) is 0 Å². The molecule has 2 rings (SSSR count). The van der Waals surface area contributed by atoms with E-state index >= 15 is 0 Å². The Kier molecular flexibility index (Phi) is 7.03. The molecule has 0 unspecified atom stereocenters. The molecular weight excluding hydrogens is 368 g/mol. The first-order valence-electron chi connectivity index (χ1n) is 8.43. The molecule has 0 radical (unpaired) electrons. The maximum atomic E-state index is 12.2. The minimum absolute atomic E-state index is 0.0762. The standard InChI is InChI=1S/C18H22N4O4S/c1-3-13(2)22-27(25,26)15-9-7-14(8-10-15)18(24)20-12-17(23)21-16-6-4-5-11-19-16/h4-11,13,22H,3,12H2,1-2H3,(H,20,24)(H,19,21,23)/t13-/m0/s1. The van der Waals surface area contributed by atoms with Gasteiger partial charge < -0.3 is 10.6 Å². The topological polar surface area (TPSA) is 117 Å². The Morgan fingerprint density at radius 3 is 2.41 bits per heavy atom. The molecule has 144 valence electrons. The summed E-state index contributed by atoms with van der Waals surface area (Å²) in [6, 6.07) is 10.4. The number of rotatable bonds is 8. The number of pyridine rings is 1. The Morgan fingerprint density at radius 2 is 1.81 bits per heavy atom. The molecule has 0 bridgehead atoms. The molecule has 1 atom stereocenters. The highest BCUT2D eigenvalue weighted by atomic mass is 32.2. The molecule has 2 amide bonds. The number of hydrogen-bond donors (Lipinski definition) is 3. The van der Waals surface area contributed by atoms with Crippen LogP contribution in [0.5, 0.6) is 0 Å². The van der Waals surface area contributed by atoms with Crippen LogP contribution < -0.4 is 15.4 Å². The van der Waals surface area contributed by atoms with Crippen molar-refractivity contribution in [1.82, 2.24) is 15.0 Å². The lowest BCUT2D eigenvalue weighted by molar-refractivity contribution is -0.115. The molecule has 0 spiro atoms. The zero-order valence-electron chi connectivity index (χ0n) is 15.1. The van der Waals surface area contributed by atoms with Gasteiger partial charge in [-0.25, -0.2) is 18.1 Å². The highest BCUT2D eigenvalue weighted by Crippen LogP contribution is 2.11. The lowest BCUT2D eigenvalue weighted by Crippen LogP contribution is -2.33. The van der Waals surface area contributed by atoms with Gasteiger partial charge in [0.1, 0.15) is 5.82 Å². The summed E-state index contributed by atoms with van der Waals surface area (Å²) in [5.74, 6) is -0.510. The molecule has 0 fully saturated rings. The third kappa shape index (κ3) is 6.15. The predicted molar refractivity (Wildman–Crippen MR) is 102 cm³/mol. The Bertz CT molecular complexity index is 883. The first-order chi connectivity index (χ1) is 12.8. The van der Waals surface area contributed by atoms with Crippen molar-refractivity contribution in [2.24, 2.45) is 0 Å². The van der Waals surface area contributed by atoms with Gasteiger partial charge in [0, 0.05) is 17.8 Å². The molecular formula is C18H22N4O4S. The van der Waals surface area contributed by atoms with Crippen LogP contribution in [0, 0.1) is 0 Å². The molecule has 27 heavy (non-hydrogen) atoms. The van der Waals surface area contributed by atoms with Gasteiger partial charge in [-0.3, -0.25) is 9.59 Å². The first-order valence-corrected chi connectivity index (χ1v) is 9.91. The fourth-order valence-corrected chi connectivity index (χ4v) is 3.41. The number of carbonyl (C=O) groups excluding carboxylic acids is 2. The predicted octanol–water partition coefficient (Wildman–Crippen LogP) is 1.53. The van der Waals surface area contributed by atoms with Crippen LogP contribution in [-0.2, 0) is 14.8 Å². The zero-order valence-corrected chi connectivity index (χ0v) is 15.9. The number of anilines is 1. The SMILES string of the molecule is CC[C@H](C)NS(=O)(=O)c1ccc(C(=O)NCC(=O)Nc2ccccn2)cc1. The summed E-state index contributed by atoms with van der Waals surface area (Å²) in [5.41, 5.74) is 0.253. The molecule has 0 aliphatic rings. The van der Waals surface area contributed by atoms with E-state index in [0.717, 1.165) is 0 Å². The third-order valence-corrected chi connectivity index (χ3v) is 5.34. The molecule has 1 aromatic heterocycles. The van der Waals surface area contributed by atoms with Gasteiger partial charge >= 0.3 is 0 Å². The van der Waals surface area contributed by atoms with E-state index in [9.17, 15) is 18.0 Å². The van der Waals surface area contributed by atoms with Crippen molar-refractivity contribution in [2.45, 2.75) is 31.2 Å². The van der Waals surface area contributed by atoms with Crippen LogP contribution in [0.15, 0.2) is 53.6 Å². The number of sulfonamides is 1. The molecule has 1 aromatic carbocycles. The van der Waals surface area contributed by atoms with Gasteiger partial charge in [-0.1, -0.05) is 13.0 Å². The number of nitrogens with one attached hydrogen (secondary N) is 3. The molecule has 0 saturated heterocycles. The number of benzene rings is 1. The molecule has 2 aromatic rings. The fraction of sp³-hybridized carbons (Fsp3) is 0.278. The first kappa shape index (κ1) is 20.5. The minimum Gasteiger partial charge on any atom is -0.343 e.